The molecule has 0 fully saturated rings. The van der Waals surface area contributed by atoms with Gasteiger partial charge in [-0.3, -0.25) is 4.98 Å². The van der Waals surface area contributed by atoms with E-state index in [2.05, 4.69) is 4.98 Å². The van der Waals surface area contributed by atoms with Crippen molar-refractivity contribution in [1.29, 1.82) is 5.26 Å². The summed E-state index contributed by atoms with van der Waals surface area (Å²) in [5.74, 6) is -0.952. The Bertz CT molecular complexity index is 807. The van der Waals surface area contributed by atoms with E-state index in [9.17, 15) is 9.59 Å². The van der Waals surface area contributed by atoms with Gasteiger partial charge in [0, 0.05) is 12.4 Å². The first kappa shape index (κ1) is 16.9. The molecule has 6 heteroatoms. The van der Waals surface area contributed by atoms with Crippen molar-refractivity contribution < 1.29 is 19.1 Å². The fourth-order valence-corrected chi connectivity index (χ4v) is 1.83. The lowest BCUT2D eigenvalue weighted by molar-refractivity contribution is -0.137. The van der Waals surface area contributed by atoms with Crippen LogP contribution in [0.3, 0.4) is 0 Å². The van der Waals surface area contributed by atoms with Crippen molar-refractivity contribution in [3.63, 3.8) is 0 Å². The first-order chi connectivity index (χ1) is 11.6. The summed E-state index contributed by atoms with van der Waals surface area (Å²) in [6, 6.07) is 11.5. The fourth-order valence-electron chi connectivity index (χ4n) is 1.83. The Labute approximate surface area is 139 Å². The van der Waals surface area contributed by atoms with Crippen LogP contribution < -0.4 is 4.74 Å². The van der Waals surface area contributed by atoms with Crippen LogP contribution in [0.15, 0.2) is 54.4 Å². The molecule has 0 amide bonds. The number of aromatic nitrogens is 1. The minimum Gasteiger partial charge on any atom is -0.462 e. The maximum atomic E-state index is 12.0. The molecular weight excluding hydrogens is 308 g/mol. The Morgan fingerprint density at radius 2 is 2.12 bits per heavy atom. The SMILES string of the molecule is CCOC(=O)/C(C#N)=C/c1cccc(OC(=O)c2cccnc2)c1. The molecule has 0 aliphatic heterocycles. The van der Waals surface area contributed by atoms with Crippen molar-refractivity contribution in [2.75, 3.05) is 6.61 Å². The second-order valence-electron chi connectivity index (χ2n) is 4.59. The highest BCUT2D eigenvalue weighted by atomic mass is 16.5. The van der Waals surface area contributed by atoms with E-state index in [0.29, 0.717) is 16.9 Å². The van der Waals surface area contributed by atoms with Gasteiger partial charge in [0.05, 0.1) is 12.2 Å². The Kier molecular flexibility index (Phi) is 5.81. The van der Waals surface area contributed by atoms with Gasteiger partial charge >= 0.3 is 11.9 Å². The Morgan fingerprint density at radius 1 is 1.29 bits per heavy atom. The van der Waals surface area contributed by atoms with Gasteiger partial charge in [-0.1, -0.05) is 12.1 Å². The first-order valence-electron chi connectivity index (χ1n) is 7.15. The molecule has 24 heavy (non-hydrogen) atoms. The van der Waals surface area contributed by atoms with Gasteiger partial charge in [0.25, 0.3) is 0 Å². The van der Waals surface area contributed by atoms with Gasteiger partial charge in [0.2, 0.25) is 0 Å². The van der Waals surface area contributed by atoms with Gasteiger partial charge in [-0.15, -0.1) is 0 Å². The molecule has 0 unspecified atom stereocenters. The van der Waals surface area contributed by atoms with Gasteiger partial charge in [-0.2, -0.15) is 5.26 Å². The molecule has 6 nitrogen and oxygen atoms in total. The molecule has 120 valence electrons. The van der Waals surface area contributed by atoms with Crippen LogP contribution in [0.25, 0.3) is 6.08 Å². The van der Waals surface area contributed by atoms with Gasteiger partial charge in [0.15, 0.2) is 0 Å². The van der Waals surface area contributed by atoms with Crippen LogP contribution >= 0.6 is 0 Å². The summed E-state index contributed by atoms with van der Waals surface area (Å²) >= 11 is 0. The van der Waals surface area contributed by atoms with Gasteiger partial charge < -0.3 is 9.47 Å². The molecule has 2 rings (SSSR count). The lowest BCUT2D eigenvalue weighted by Crippen LogP contribution is -2.08. The van der Waals surface area contributed by atoms with Crippen LogP contribution in [0.4, 0.5) is 0 Å². The van der Waals surface area contributed by atoms with E-state index < -0.39 is 11.9 Å². The minimum atomic E-state index is -0.697. The summed E-state index contributed by atoms with van der Waals surface area (Å²) in [7, 11) is 0. The Balaban J connectivity index is 2.18. The van der Waals surface area contributed by atoms with Crippen molar-refractivity contribution in [2.45, 2.75) is 6.92 Å². The number of hydrogen-bond donors (Lipinski definition) is 0. The molecular formula is C18H14N2O4. The molecule has 1 heterocycles. The molecule has 0 N–H and O–H groups in total. The van der Waals surface area contributed by atoms with E-state index >= 15 is 0 Å². The number of carbonyl (C=O) groups excluding carboxylic acids is 2. The number of hydrogen-bond acceptors (Lipinski definition) is 6. The van der Waals surface area contributed by atoms with E-state index in [1.807, 2.05) is 0 Å². The monoisotopic (exact) mass is 322 g/mol. The second-order valence-corrected chi connectivity index (χ2v) is 4.59. The average Bonchev–Trinajstić information content (AvgIpc) is 2.61. The molecule has 0 aliphatic carbocycles. The van der Waals surface area contributed by atoms with Crippen LogP contribution in [0.1, 0.15) is 22.8 Å². The average molecular weight is 322 g/mol. The highest BCUT2D eigenvalue weighted by Gasteiger charge is 2.11. The number of pyridine rings is 1. The third-order valence-electron chi connectivity index (χ3n) is 2.89. The molecule has 1 aromatic heterocycles. The number of carbonyl (C=O) groups is 2. The van der Waals surface area contributed by atoms with Crippen molar-refractivity contribution in [3.8, 4) is 11.8 Å². The summed E-state index contributed by atoms with van der Waals surface area (Å²) < 4.78 is 10.1. The van der Waals surface area contributed by atoms with Gasteiger partial charge in [-0.05, 0) is 42.8 Å². The van der Waals surface area contributed by atoms with E-state index in [0.717, 1.165) is 0 Å². The molecule has 0 saturated heterocycles. The zero-order chi connectivity index (χ0) is 17.4. The number of nitrogens with zero attached hydrogens (tertiary/aromatic N) is 2. The maximum Gasteiger partial charge on any atom is 0.348 e. The van der Waals surface area contributed by atoms with Crippen LogP contribution in [0.2, 0.25) is 0 Å². The van der Waals surface area contributed by atoms with Crippen LogP contribution in [-0.2, 0) is 9.53 Å². The minimum absolute atomic E-state index is 0.132. The topological polar surface area (TPSA) is 89.3 Å². The third-order valence-corrected chi connectivity index (χ3v) is 2.89. The highest BCUT2D eigenvalue weighted by Crippen LogP contribution is 2.17. The normalized spacial score (nSPS) is 10.6. The molecule has 0 radical (unpaired) electrons. The number of ether oxygens (including phenoxy) is 2. The third kappa shape index (κ3) is 4.52. The summed E-state index contributed by atoms with van der Waals surface area (Å²) in [4.78, 5) is 27.5. The van der Waals surface area contributed by atoms with E-state index in [1.54, 1.807) is 55.6 Å². The van der Waals surface area contributed by atoms with E-state index in [1.165, 1.54) is 12.3 Å². The number of rotatable bonds is 5. The standard InChI is InChI=1S/C18H14N2O4/c1-2-23-17(21)15(11-19)9-13-5-3-7-16(10-13)24-18(22)14-6-4-8-20-12-14/h3-10,12H,2H2,1H3/b15-9+. The predicted molar refractivity (Wildman–Crippen MR) is 85.9 cm³/mol. The second kappa shape index (κ2) is 8.25. The maximum absolute atomic E-state index is 12.0. The first-order valence-corrected chi connectivity index (χ1v) is 7.15. The number of benzene rings is 1. The van der Waals surface area contributed by atoms with Crippen molar-refractivity contribution in [3.05, 3.63) is 65.5 Å². The highest BCUT2D eigenvalue weighted by molar-refractivity contribution is 5.98. The predicted octanol–water partition coefficient (Wildman–Crippen LogP) is 2.77. The van der Waals surface area contributed by atoms with Crippen molar-refractivity contribution in [2.24, 2.45) is 0 Å². The smallest absolute Gasteiger partial charge is 0.348 e. The van der Waals surface area contributed by atoms with Gasteiger partial charge in [0.1, 0.15) is 17.4 Å². The molecule has 1 aromatic carbocycles. The lowest BCUT2D eigenvalue weighted by Gasteiger charge is -2.05. The summed E-state index contributed by atoms with van der Waals surface area (Å²) in [6.07, 6.45) is 4.33. The fraction of sp³-hybridized carbons (Fsp3) is 0.111. The van der Waals surface area contributed by atoms with E-state index in [-0.39, 0.29) is 12.2 Å². The quantitative estimate of drug-likeness (QED) is 0.364. The van der Waals surface area contributed by atoms with Crippen LogP contribution in [0, 0.1) is 11.3 Å². The molecule has 0 spiro atoms. The lowest BCUT2D eigenvalue weighted by atomic mass is 10.1. The van der Waals surface area contributed by atoms with Gasteiger partial charge in [-0.25, -0.2) is 9.59 Å². The molecule has 0 saturated carbocycles. The Hall–Kier alpha value is -3.46. The van der Waals surface area contributed by atoms with E-state index in [4.69, 9.17) is 14.7 Å². The summed E-state index contributed by atoms with van der Waals surface area (Å²) in [5.41, 5.74) is 0.728. The summed E-state index contributed by atoms with van der Waals surface area (Å²) in [6.45, 7) is 1.84. The largest absolute Gasteiger partial charge is 0.462 e. The van der Waals surface area contributed by atoms with Crippen molar-refractivity contribution in [1.82, 2.24) is 4.98 Å². The zero-order valence-electron chi connectivity index (χ0n) is 12.9. The number of nitriles is 1. The Morgan fingerprint density at radius 3 is 2.79 bits per heavy atom. The van der Waals surface area contributed by atoms with Crippen LogP contribution in [-0.4, -0.2) is 23.5 Å². The van der Waals surface area contributed by atoms with Crippen LogP contribution in [0.5, 0.6) is 5.75 Å². The molecule has 2 aromatic rings. The molecule has 0 atom stereocenters. The summed E-state index contributed by atoms with van der Waals surface area (Å²) in [5, 5.41) is 9.04. The molecule has 0 aliphatic rings. The van der Waals surface area contributed by atoms with Crippen molar-refractivity contribution >= 4 is 18.0 Å². The zero-order valence-corrected chi connectivity index (χ0v) is 12.9. The molecule has 0 bridgehead atoms. The number of esters is 2.